The lowest BCUT2D eigenvalue weighted by Gasteiger charge is -2.34. The Morgan fingerprint density at radius 2 is 1.81 bits per heavy atom. The number of hydrogen-bond donors (Lipinski definition) is 1. The van der Waals surface area contributed by atoms with E-state index in [1.165, 1.54) is 5.57 Å². The van der Waals surface area contributed by atoms with Gasteiger partial charge >= 0.3 is 0 Å². The van der Waals surface area contributed by atoms with Gasteiger partial charge in [0, 0.05) is 40.3 Å². The summed E-state index contributed by atoms with van der Waals surface area (Å²) in [5, 5.41) is 3.50. The maximum atomic E-state index is 13.6. The van der Waals surface area contributed by atoms with Gasteiger partial charge in [0.25, 0.3) is 0 Å². The van der Waals surface area contributed by atoms with E-state index in [0.717, 1.165) is 53.1 Å². The van der Waals surface area contributed by atoms with Crippen molar-refractivity contribution in [3.63, 3.8) is 0 Å². The summed E-state index contributed by atoms with van der Waals surface area (Å²) in [6.45, 7) is 8.68. The summed E-state index contributed by atoms with van der Waals surface area (Å²) in [5.41, 5.74) is 7.07. The Bertz CT molecular complexity index is 1130. The highest BCUT2D eigenvalue weighted by molar-refractivity contribution is 6.23. The first-order valence-electron chi connectivity index (χ1n) is 11.6. The number of allylic oxidation sites excluding steroid dienone is 9. The Morgan fingerprint density at radius 1 is 1.06 bits per heavy atom. The van der Waals surface area contributed by atoms with Crippen molar-refractivity contribution in [1.29, 1.82) is 0 Å². The first-order valence-corrected chi connectivity index (χ1v) is 11.6. The highest BCUT2D eigenvalue weighted by Crippen LogP contribution is 2.47. The van der Waals surface area contributed by atoms with Crippen LogP contribution in [0, 0.1) is 5.92 Å². The van der Waals surface area contributed by atoms with Crippen LogP contribution in [0.3, 0.4) is 0 Å². The van der Waals surface area contributed by atoms with Gasteiger partial charge < -0.3 is 10.1 Å². The summed E-state index contributed by atoms with van der Waals surface area (Å²) in [5.74, 6) is 0.581. The molecule has 4 nitrogen and oxygen atoms in total. The normalized spacial score (nSPS) is 21.4. The van der Waals surface area contributed by atoms with Gasteiger partial charge in [0.2, 0.25) is 0 Å². The summed E-state index contributed by atoms with van der Waals surface area (Å²) in [4.78, 5) is 26.8. The molecule has 1 atom stereocenters. The number of carbonyl (C=O) groups excluding carboxylic acids is 2. The molecule has 0 fully saturated rings. The highest BCUT2D eigenvalue weighted by Gasteiger charge is 2.43. The van der Waals surface area contributed by atoms with Crippen LogP contribution in [0.5, 0.6) is 0 Å². The lowest BCUT2D eigenvalue weighted by Crippen LogP contribution is -2.33. The van der Waals surface area contributed by atoms with Gasteiger partial charge in [0.05, 0.1) is 18.1 Å². The van der Waals surface area contributed by atoms with E-state index in [-0.39, 0.29) is 17.5 Å². The number of dihydropyridines is 1. The van der Waals surface area contributed by atoms with Crippen LogP contribution in [-0.4, -0.2) is 18.2 Å². The number of rotatable bonds is 6. The monoisotopic (exact) mass is 429 g/mol. The molecule has 1 N–H and O–H groups in total. The molecule has 3 aliphatic rings. The third-order valence-electron chi connectivity index (χ3n) is 6.45. The SMILES string of the molecule is CCO/C(C)=C/C=C(\C=C(/C)CC)C1C2=C(CCCC2=O)NC2=C1C(=O)c1ccccc12. The predicted octanol–water partition coefficient (Wildman–Crippen LogP) is 6.04. The predicted molar refractivity (Wildman–Crippen MR) is 128 cm³/mol. The smallest absolute Gasteiger partial charge is 0.192 e. The van der Waals surface area contributed by atoms with Crippen LogP contribution in [-0.2, 0) is 9.53 Å². The molecule has 166 valence electrons. The van der Waals surface area contributed by atoms with Gasteiger partial charge in [-0.15, -0.1) is 0 Å². The minimum Gasteiger partial charge on any atom is -0.499 e. The Labute approximate surface area is 190 Å². The maximum Gasteiger partial charge on any atom is 0.192 e. The molecule has 0 saturated heterocycles. The summed E-state index contributed by atoms with van der Waals surface area (Å²) in [7, 11) is 0. The van der Waals surface area contributed by atoms with Gasteiger partial charge in [-0.05, 0) is 51.7 Å². The minimum atomic E-state index is -0.374. The van der Waals surface area contributed by atoms with Crippen molar-refractivity contribution >= 4 is 17.3 Å². The van der Waals surface area contributed by atoms with Gasteiger partial charge in [0.1, 0.15) is 0 Å². The molecule has 0 radical (unpaired) electrons. The fourth-order valence-corrected chi connectivity index (χ4v) is 4.77. The Balaban J connectivity index is 1.93. The summed E-state index contributed by atoms with van der Waals surface area (Å²) in [6.07, 6.45) is 9.19. The number of ether oxygens (including phenoxy) is 1. The zero-order chi connectivity index (χ0) is 22.8. The van der Waals surface area contributed by atoms with Crippen LogP contribution in [0.4, 0.5) is 0 Å². The molecule has 0 spiro atoms. The number of ketones is 2. The topological polar surface area (TPSA) is 55.4 Å². The van der Waals surface area contributed by atoms with Crippen molar-refractivity contribution in [2.24, 2.45) is 5.92 Å². The minimum absolute atomic E-state index is 0.0111. The molecule has 1 aromatic carbocycles. The number of fused-ring (bicyclic) bond motifs is 2. The maximum absolute atomic E-state index is 13.6. The van der Waals surface area contributed by atoms with E-state index in [9.17, 15) is 9.59 Å². The molecule has 4 rings (SSSR count). The molecule has 0 bridgehead atoms. The van der Waals surface area contributed by atoms with E-state index in [1.54, 1.807) is 0 Å². The zero-order valence-corrected chi connectivity index (χ0v) is 19.4. The second kappa shape index (κ2) is 9.15. The van der Waals surface area contributed by atoms with Gasteiger partial charge in [-0.2, -0.15) is 0 Å². The Hall–Kier alpha value is -3.14. The summed E-state index contributed by atoms with van der Waals surface area (Å²) < 4.78 is 5.62. The molecule has 32 heavy (non-hydrogen) atoms. The van der Waals surface area contributed by atoms with Crippen LogP contribution in [0.2, 0.25) is 0 Å². The van der Waals surface area contributed by atoms with Gasteiger partial charge in [-0.25, -0.2) is 0 Å². The highest BCUT2D eigenvalue weighted by atomic mass is 16.5. The first kappa shape index (κ1) is 22.1. The molecule has 0 saturated carbocycles. The molecular formula is C28H31NO3. The van der Waals surface area contributed by atoms with Crippen molar-refractivity contribution in [3.8, 4) is 0 Å². The third-order valence-corrected chi connectivity index (χ3v) is 6.45. The number of Topliss-reactive ketones (excluding diaryl/α,β-unsaturated/α-hetero) is 2. The first-order chi connectivity index (χ1) is 15.5. The van der Waals surface area contributed by atoms with Gasteiger partial charge in [-0.1, -0.05) is 48.9 Å². The van der Waals surface area contributed by atoms with Crippen molar-refractivity contribution in [1.82, 2.24) is 5.32 Å². The van der Waals surface area contributed by atoms with Crippen LogP contribution in [0.15, 0.2) is 76.2 Å². The number of hydrogen-bond acceptors (Lipinski definition) is 4. The van der Waals surface area contributed by atoms with E-state index >= 15 is 0 Å². The van der Waals surface area contributed by atoms with E-state index in [4.69, 9.17) is 4.74 Å². The molecule has 1 unspecified atom stereocenters. The molecule has 2 aliphatic carbocycles. The van der Waals surface area contributed by atoms with Crippen molar-refractivity contribution in [2.45, 2.75) is 53.4 Å². The molecule has 1 aliphatic heterocycles. The van der Waals surface area contributed by atoms with Crippen LogP contribution < -0.4 is 5.32 Å². The van der Waals surface area contributed by atoms with Crippen LogP contribution in [0.1, 0.15) is 69.3 Å². The Kier molecular flexibility index (Phi) is 6.31. The van der Waals surface area contributed by atoms with Crippen LogP contribution in [0.25, 0.3) is 5.70 Å². The lowest BCUT2D eigenvalue weighted by molar-refractivity contribution is -0.116. The van der Waals surface area contributed by atoms with E-state index in [2.05, 4.69) is 25.2 Å². The Morgan fingerprint density at radius 3 is 2.53 bits per heavy atom. The average Bonchev–Trinajstić information content (AvgIpc) is 3.07. The number of benzene rings is 1. The molecule has 0 aromatic heterocycles. The largest absolute Gasteiger partial charge is 0.499 e. The summed E-state index contributed by atoms with van der Waals surface area (Å²) in [6, 6.07) is 7.73. The fourth-order valence-electron chi connectivity index (χ4n) is 4.77. The van der Waals surface area contributed by atoms with Crippen LogP contribution >= 0.6 is 0 Å². The fraction of sp³-hybridized carbons (Fsp3) is 0.357. The molecule has 1 aromatic rings. The third kappa shape index (κ3) is 3.90. The molecular weight excluding hydrogens is 398 g/mol. The summed E-state index contributed by atoms with van der Waals surface area (Å²) >= 11 is 0. The average molecular weight is 430 g/mol. The molecule has 1 heterocycles. The van der Waals surface area contributed by atoms with Gasteiger partial charge in [0.15, 0.2) is 11.6 Å². The van der Waals surface area contributed by atoms with Crippen molar-refractivity contribution in [2.75, 3.05) is 6.61 Å². The van der Waals surface area contributed by atoms with E-state index in [1.807, 2.05) is 50.3 Å². The number of carbonyl (C=O) groups is 2. The second-order valence-corrected chi connectivity index (χ2v) is 8.61. The second-order valence-electron chi connectivity index (χ2n) is 8.61. The quantitative estimate of drug-likeness (QED) is 0.442. The number of nitrogens with one attached hydrogen (secondary N) is 1. The van der Waals surface area contributed by atoms with E-state index < -0.39 is 0 Å². The zero-order valence-electron chi connectivity index (χ0n) is 19.4. The van der Waals surface area contributed by atoms with Crippen molar-refractivity contribution < 1.29 is 14.3 Å². The van der Waals surface area contributed by atoms with Gasteiger partial charge in [-0.3, -0.25) is 9.59 Å². The molecule has 0 amide bonds. The molecule has 4 heteroatoms. The van der Waals surface area contributed by atoms with Crippen molar-refractivity contribution in [3.05, 3.63) is 87.4 Å². The van der Waals surface area contributed by atoms with E-state index in [0.29, 0.717) is 24.2 Å². The standard InChI is InChI=1S/C28H31NO3/c1-5-17(3)16-19(15-14-18(4)32-6-2)24-25-22(12-9-13-23(25)30)29-27-20-10-7-8-11-21(20)28(31)26(24)27/h7-8,10-11,14-16,24,29H,5-6,9,12-13H2,1-4H3/b17-16+,18-14+,19-15+. The lowest BCUT2D eigenvalue weighted by atomic mass is 9.74.